The molecule has 236 valence electrons. The predicted octanol–water partition coefficient (Wildman–Crippen LogP) is 3.35. The van der Waals surface area contributed by atoms with Crippen molar-refractivity contribution < 1.29 is 40.3 Å². The molecule has 2 amide bonds. The van der Waals surface area contributed by atoms with Crippen molar-refractivity contribution in [3.63, 3.8) is 0 Å². The van der Waals surface area contributed by atoms with Gasteiger partial charge in [0.2, 0.25) is 10.0 Å². The molecule has 2 fully saturated rings. The third kappa shape index (κ3) is 5.75. The van der Waals surface area contributed by atoms with Gasteiger partial charge >= 0.3 is 12.3 Å². The van der Waals surface area contributed by atoms with Crippen LogP contribution in [-0.2, 0) is 26.1 Å². The van der Waals surface area contributed by atoms with Crippen molar-refractivity contribution in [2.24, 2.45) is 15.9 Å². The molecule has 1 N–H and O–H groups in total. The number of likely N-dealkylation sites (tertiary alicyclic amines) is 1. The van der Waals surface area contributed by atoms with Crippen LogP contribution in [0.1, 0.15) is 39.2 Å². The second kappa shape index (κ2) is 10.8. The van der Waals surface area contributed by atoms with Gasteiger partial charge in [0, 0.05) is 19.3 Å². The normalized spacial score (nSPS) is 27.5. The van der Waals surface area contributed by atoms with Gasteiger partial charge in [-0.3, -0.25) is 15.2 Å². The fourth-order valence-electron chi connectivity index (χ4n) is 5.65. The molecule has 0 radical (unpaired) electrons. The Morgan fingerprint density at radius 3 is 2.66 bits per heavy atom. The number of hydrogen-bond acceptors (Lipinski definition) is 8. The summed E-state index contributed by atoms with van der Waals surface area (Å²) >= 11 is 0. The molecule has 44 heavy (non-hydrogen) atoms. The summed E-state index contributed by atoms with van der Waals surface area (Å²) in [7, 11) is -4.37. The molecular weight excluding hydrogens is 610 g/mol. The summed E-state index contributed by atoms with van der Waals surface area (Å²) in [5.74, 6) is -1.75. The first-order valence-electron chi connectivity index (χ1n) is 13.6. The second-order valence-corrected chi connectivity index (χ2v) is 13.8. The molecule has 1 unspecified atom stereocenters. The Kier molecular flexibility index (Phi) is 7.73. The van der Waals surface area contributed by atoms with Crippen molar-refractivity contribution in [1.29, 1.82) is 5.26 Å². The highest BCUT2D eigenvalue weighted by Crippen LogP contribution is 2.42. The minimum Gasteiger partial charge on any atom is -0.444 e. The fraction of sp³-hybridized carbons (Fsp3) is 0.519. The maximum Gasteiger partial charge on any atom is 0.410 e. The smallest absolute Gasteiger partial charge is 0.410 e. The Morgan fingerprint density at radius 2 is 2.02 bits per heavy atom. The molecule has 0 saturated carbocycles. The number of piperidine rings is 1. The Balaban J connectivity index is 1.46. The minimum absolute atomic E-state index is 0.00476. The van der Waals surface area contributed by atoms with Crippen LogP contribution in [0.5, 0.6) is 0 Å². The van der Waals surface area contributed by atoms with Gasteiger partial charge in [0.05, 0.1) is 35.3 Å². The summed E-state index contributed by atoms with van der Waals surface area (Å²) in [6, 6.07) is 5.75. The van der Waals surface area contributed by atoms with Gasteiger partial charge < -0.3 is 9.64 Å². The third-order valence-corrected chi connectivity index (χ3v) is 9.51. The number of ether oxygens (including phenoxy) is 1. The number of alkyl halides is 4. The summed E-state index contributed by atoms with van der Waals surface area (Å²) in [5, 5.41) is 11.1. The minimum atomic E-state index is -4.74. The van der Waals surface area contributed by atoms with E-state index in [0.29, 0.717) is 4.31 Å². The van der Waals surface area contributed by atoms with E-state index in [1.165, 1.54) is 34.3 Å². The van der Waals surface area contributed by atoms with Crippen LogP contribution in [-0.4, -0.2) is 89.8 Å². The van der Waals surface area contributed by atoms with Gasteiger partial charge in [-0.15, -0.1) is 0 Å². The average Bonchev–Trinajstić information content (AvgIpc) is 3.38. The molecule has 17 heteroatoms. The average molecular weight is 640 g/mol. The number of aliphatic imine (C=N–C) groups is 2. The zero-order chi connectivity index (χ0) is 32.2. The van der Waals surface area contributed by atoms with Crippen molar-refractivity contribution >= 4 is 39.8 Å². The number of carbonyl (C=O) groups excluding carboxylic acids is 2. The number of carbonyl (C=O) groups is 2. The Morgan fingerprint density at radius 1 is 1.30 bits per heavy atom. The van der Waals surface area contributed by atoms with Crippen LogP contribution < -0.4 is 5.43 Å². The number of nitriles is 1. The van der Waals surface area contributed by atoms with E-state index in [1.807, 2.05) is 6.07 Å². The van der Waals surface area contributed by atoms with Crippen LogP contribution in [0.25, 0.3) is 0 Å². The van der Waals surface area contributed by atoms with Crippen LogP contribution in [0.3, 0.4) is 0 Å². The lowest BCUT2D eigenvalue weighted by Crippen LogP contribution is -2.65. The molecule has 1 aromatic rings. The van der Waals surface area contributed by atoms with Crippen molar-refractivity contribution in [2.45, 2.75) is 68.5 Å². The summed E-state index contributed by atoms with van der Waals surface area (Å²) in [4.78, 5) is 34.8. The number of amides is 2. The first-order valence-corrected chi connectivity index (χ1v) is 15.0. The van der Waals surface area contributed by atoms with Crippen LogP contribution >= 0.6 is 0 Å². The first kappa shape index (κ1) is 31.4. The van der Waals surface area contributed by atoms with Gasteiger partial charge in [-0.1, -0.05) is 0 Å². The highest BCUT2D eigenvalue weighted by molar-refractivity contribution is 7.89. The zero-order valence-electron chi connectivity index (χ0n) is 23.9. The largest absolute Gasteiger partial charge is 0.444 e. The molecule has 2 saturated heterocycles. The lowest BCUT2D eigenvalue weighted by atomic mass is 9.81. The first-order chi connectivity index (χ1) is 20.4. The summed E-state index contributed by atoms with van der Waals surface area (Å²) in [6.07, 6.45) is -4.82. The summed E-state index contributed by atoms with van der Waals surface area (Å²) in [5.41, 5.74) is 1.12. The SMILES string of the molecule is CC(C)(C)OC(=O)N1CC[C@](CC#N)(N2NC(=Nc3ccc4c(c3)CN(CC(F)(F)F)S4(=O)=O)C3C(=O)N=CC=C32)[C@H](F)C1. The molecule has 4 aliphatic heterocycles. The topological polar surface area (TPSA) is 148 Å². The monoisotopic (exact) mass is 639 g/mol. The molecule has 1 aromatic carbocycles. The van der Waals surface area contributed by atoms with E-state index in [-0.39, 0.29) is 53.6 Å². The Labute approximate surface area is 250 Å². The van der Waals surface area contributed by atoms with Crippen LogP contribution in [0.2, 0.25) is 0 Å². The molecule has 3 atom stereocenters. The van der Waals surface area contributed by atoms with Crippen molar-refractivity contribution in [1.82, 2.24) is 19.6 Å². The number of hydrazine groups is 1. The molecule has 4 aliphatic rings. The molecule has 0 aliphatic carbocycles. The molecular formula is C27H29F4N7O5S. The van der Waals surface area contributed by atoms with E-state index in [2.05, 4.69) is 15.4 Å². The number of hydrogen-bond donors (Lipinski definition) is 1. The van der Waals surface area contributed by atoms with Gasteiger partial charge in [0.15, 0.2) is 0 Å². The molecule has 0 bridgehead atoms. The highest BCUT2D eigenvalue weighted by atomic mass is 32.2. The standard InChI is InChI=1S/C27H29F4N7O5S/c1-25(2,3)43-24(40)36-11-8-26(7-9-32,20(28)14-36)38-18-6-10-33-23(39)21(18)22(35-38)34-17-4-5-19-16(12-17)13-37(44(19,41)42)15-27(29,30)31/h4-6,10,12,20-21H,7-8,11,13-15H2,1-3H3,(H,34,35)/t20-,21?,26+/m1/s1. The van der Waals surface area contributed by atoms with E-state index in [4.69, 9.17) is 4.74 Å². The number of rotatable bonds is 4. The van der Waals surface area contributed by atoms with Gasteiger partial charge in [0.25, 0.3) is 5.91 Å². The van der Waals surface area contributed by atoms with Gasteiger partial charge in [-0.25, -0.2) is 27.6 Å². The van der Waals surface area contributed by atoms with Crippen LogP contribution in [0.4, 0.5) is 28.0 Å². The van der Waals surface area contributed by atoms with Crippen molar-refractivity contribution in [3.05, 3.63) is 35.5 Å². The number of nitrogens with zero attached hydrogens (tertiary/aromatic N) is 6. The maximum absolute atomic E-state index is 16.2. The van der Waals surface area contributed by atoms with E-state index in [0.717, 1.165) is 6.07 Å². The van der Waals surface area contributed by atoms with E-state index in [9.17, 15) is 36.4 Å². The van der Waals surface area contributed by atoms with Gasteiger partial charge in [0.1, 0.15) is 35.6 Å². The number of dihydropyridines is 1. The lowest BCUT2D eigenvalue weighted by molar-refractivity contribution is -0.136. The highest BCUT2D eigenvalue weighted by Gasteiger charge is 2.55. The Hall–Kier alpha value is -4.04. The van der Waals surface area contributed by atoms with E-state index >= 15 is 4.39 Å². The number of benzene rings is 1. The second-order valence-electron chi connectivity index (χ2n) is 11.8. The van der Waals surface area contributed by atoms with E-state index in [1.54, 1.807) is 20.8 Å². The molecule has 5 rings (SSSR count). The maximum atomic E-state index is 16.2. The Bertz CT molecular complexity index is 1630. The summed E-state index contributed by atoms with van der Waals surface area (Å²) < 4.78 is 86.1. The van der Waals surface area contributed by atoms with Crippen LogP contribution in [0.15, 0.2) is 44.9 Å². The quantitative estimate of drug-likeness (QED) is 0.494. The van der Waals surface area contributed by atoms with Crippen molar-refractivity contribution in [2.75, 3.05) is 19.6 Å². The zero-order valence-corrected chi connectivity index (χ0v) is 24.7. The fourth-order valence-corrected chi connectivity index (χ4v) is 7.25. The molecule has 12 nitrogen and oxygen atoms in total. The lowest BCUT2D eigenvalue weighted by Gasteiger charge is -2.49. The number of allylic oxidation sites excluding steroid dienone is 1. The molecule has 0 aromatic heterocycles. The number of fused-ring (bicyclic) bond motifs is 2. The van der Waals surface area contributed by atoms with Crippen molar-refractivity contribution in [3.8, 4) is 6.07 Å². The molecule has 4 heterocycles. The van der Waals surface area contributed by atoms with Gasteiger partial charge in [-0.2, -0.15) is 22.7 Å². The van der Waals surface area contributed by atoms with Crippen LogP contribution in [0, 0.1) is 17.2 Å². The molecule has 0 spiro atoms. The predicted molar refractivity (Wildman–Crippen MR) is 148 cm³/mol. The number of amidine groups is 1. The number of nitrogens with one attached hydrogen (secondary N) is 1. The third-order valence-electron chi connectivity index (χ3n) is 7.62. The van der Waals surface area contributed by atoms with E-state index < -0.39 is 64.5 Å². The van der Waals surface area contributed by atoms with Gasteiger partial charge in [-0.05, 0) is 57.0 Å². The number of sulfonamides is 1. The number of halogens is 4. The summed E-state index contributed by atoms with van der Waals surface area (Å²) in [6.45, 7) is 2.56.